The van der Waals surface area contributed by atoms with E-state index in [2.05, 4.69) is 15.1 Å². The molecule has 1 atom stereocenters. The van der Waals surface area contributed by atoms with E-state index < -0.39 is 0 Å². The molecule has 2 aliphatic rings. The van der Waals surface area contributed by atoms with Crippen LogP contribution >= 0.6 is 0 Å². The Bertz CT molecular complexity index is 1010. The van der Waals surface area contributed by atoms with E-state index in [0.29, 0.717) is 47.9 Å². The number of amides is 1. The van der Waals surface area contributed by atoms with Gasteiger partial charge in [0.2, 0.25) is 5.76 Å². The molecule has 5 rings (SSSR count). The van der Waals surface area contributed by atoms with Gasteiger partial charge in [-0.15, -0.1) is 0 Å². The predicted octanol–water partition coefficient (Wildman–Crippen LogP) is 3.40. The average Bonchev–Trinajstić information content (AvgIpc) is 3.24. The van der Waals surface area contributed by atoms with E-state index in [1.165, 1.54) is 19.2 Å². The Morgan fingerprint density at radius 1 is 1.31 bits per heavy atom. The molecule has 1 saturated heterocycles. The van der Waals surface area contributed by atoms with Crippen LogP contribution in [0.25, 0.3) is 11.6 Å². The molecule has 1 aliphatic heterocycles. The summed E-state index contributed by atoms with van der Waals surface area (Å²) in [5.74, 6) is 1.96. The highest BCUT2D eigenvalue weighted by atomic mass is 16.5. The molecule has 1 amide bonds. The zero-order chi connectivity index (χ0) is 19.8. The van der Waals surface area contributed by atoms with Crippen LogP contribution < -0.4 is 0 Å². The van der Waals surface area contributed by atoms with Crippen LogP contribution in [0.4, 0.5) is 0 Å². The average molecular weight is 393 g/mol. The fourth-order valence-corrected chi connectivity index (χ4v) is 4.30. The summed E-state index contributed by atoms with van der Waals surface area (Å²) in [6.07, 6.45) is 8.27. The molecule has 8 nitrogen and oxygen atoms in total. The van der Waals surface area contributed by atoms with Crippen LogP contribution in [0.1, 0.15) is 54.2 Å². The highest BCUT2D eigenvalue weighted by molar-refractivity contribution is 5.92. The van der Waals surface area contributed by atoms with Crippen LogP contribution in [-0.2, 0) is 5.41 Å². The van der Waals surface area contributed by atoms with Gasteiger partial charge in [-0.05, 0) is 44.2 Å². The first-order chi connectivity index (χ1) is 14.1. The van der Waals surface area contributed by atoms with E-state index in [0.717, 1.165) is 19.3 Å². The van der Waals surface area contributed by atoms with Gasteiger partial charge in [-0.25, -0.2) is 4.98 Å². The van der Waals surface area contributed by atoms with Crippen molar-refractivity contribution in [1.82, 2.24) is 25.0 Å². The second kappa shape index (κ2) is 7.09. The van der Waals surface area contributed by atoms with Gasteiger partial charge in [0, 0.05) is 19.3 Å². The molecule has 0 aromatic carbocycles. The molecule has 3 aromatic rings. The lowest BCUT2D eigenvalue weighted by atomic mass is 9.74. The Labute approximate surface area is 168 Å². The van der Waals surface area contributed by atoms with Crippen LogP contribution in [0.15, 0.2) is 39.7 Å². The number of likely N-dealkylation sites (tertiary alicyclic amines) is 1. The van der Waals surface area contributed by atoms with Crippen LogP contribution in [0.2, 0.25) is 0 Å². The first-order valence-corrected chi connectivity index (χ1v) is 10.1. The van der Waals surface area contributed by atoms with Crippen molar-refractivity contribution in [3.05, 3.63) is 48.1 Å². The summed E-state index contributed by atoms with van der Waals surface area (Å²) in [6.45, 7) is 3.04. The Hall–Kier alpha value is -3.03. The monoisotopic (exact) mass is 393 g/mol. The van der Waals surface area contributed by atoms with Gasteiger partial charge in [0.1, 0.15) is 5.69 Å². The van der Waals surface area contributed by atoms with E-state index >= 15 is 0 Å². The van der Waals surface area contributed by atoms with Gasteiger partial charge in [0.15, 0.2) is 12.2 Å². The number of piperidine rings is 1. The molecule has 150 valence electrons. The van der Waals surface area contributed by atoms with Crippen molar-refractivity contribution in [2.24, 2.45) is 5.92 Å². The van der Waals surface area contributed by atoms with Crippen molar-refractivity contribution in [3.8, 4) is 11.6 Å². The number of hydrogen-bond donors (Lipinski definition) is 0. The van der Waals surface area contributed by atoms with Crippen LogP contribution in [-0.4, -0.2) is 44.0 Å². The fourth-order valence-electron chi connectivity index (χ4n) is 4.30. The first kappa shape index (κ1) is 18.0. The largest absolute Gasteiger partial charge is 0.438 e. The summed E-state index contributed by atoms with van der Waals surface area (Å²) in [4.78, 5) is 28.0. The van der Waals surface area contributed by atoms with Crippen molar-refractivity contribution < 1.29 is 13.7 Å². The van der Waals surface area contributed by atoms with Crippen molar-refractivity contribution in [3.63, 3.8) is 0 Å². The van der Waals surface area contributed by atoms with E-state index in [1.54, 1.807) is 13.1 Å². The third kappa shape index (κ3) is 3.43. The normalized spacial score (nSPS) is 22.0. The summed E-state index contributed by atoms with van der Waals surface area (Å²) in [5, 5.41) is 4.34. The van der Waals surface area contributed by atoms with Gasteiger partial charge in [0.05, 0.1) is 11.1 Å². The summed E-state index contributed by atoms with van der Waals surface area (Å²) in [7, 11) is 0. The standard InChI is InChI=1S/C21H23N5O3/c1-14-17(28-13-23-14)19(27)26-10-4-8-21(12-26,11-15-6-7-15)20-24-18(29-25-20)16-5-2-3-9-22-16/h2-3,5,9,13,15H,4,6-8,10-12H2,1H3. The molecule has 1 aliphatic carbocycles. The predicted molar refractivity (Wildman–Crippen MR) is 103 cm³/mol. The van der Waals surface area contributed by atoms with Gasteiger partial charge in [0.25, 0.3) is 11.8 Å². The van der Waals surface area contributed by atoms with Crippen LogP contribution in [0.3, 0.4) is 0 Å². The van der Waals surface area contributed by atoms with Crippen molar-refractivity contribution >= 4 is 5.91 Å². The lowest BCUT2D eigenvalue weighted by Gasteiger charge is -2.40. The Morgan fingerprint density at radius 3 is 2.93 bits per heavy atom. The van der Waals surface area contributed by atoms with Gasteiger partial charge in [-0.2, -0.15) is 4.98 Å². The number of nitrogens with zero attached hydrogens (tertiary/aromatic N) is 5. The maximum Gasteiger partial charge on any atom is 0.291 e. The summed E-state index contributed by atoms with van der Waals surface area (Å²) in [6, 6.07) is 5.60. The van der Waals surface area contributed by atoms with E-state index in [4.69, 9.17) is 13.9 Å². The molecule has 1 unspecified atom stereocenters. The van der Waals surface area contributed by atoms with E-state index in [9.17, 15) is 4.79 Å². The number of carbonyl (C=O) groups is 1. The smallest absolute Gasteiger partial charge is 0.291 e. The number of aromatic nitrogens is 4. The van der Waals surface area contributed by atoms with Gasteiger partial charge in [-0.1, -0.05) is 24.1 Å². The molecule has 1 saturated carbocycles. The third-order valence-electron chi connectivity index (χ3n) is 5.96. The van der Waals surface area contributed by atoms with Crippen molar-refractivity contribution in [2.45, 2.75) is 44.4 Å². The summed E-state index contributed by atoms with van der Waals surface area (Å²) >= 11 is 0. The van der Waals surface area contributed by atoms with Crippen molar-refractivity contribution in [2.75, 3.05) is 13.1 Å². The minimum Gasteiger partial charge on any atom is -0.438 e. The molecule has 0 N–H and O–H groups in total. The van der Waals surface area contributed by atoms with Gasteiger partial charge in [-0.3, -0.25) is 9.78 Å². The molecule has 2 fully saturated rings. The maximum absolute atomic E-state index is 13.0. The zero-order valence-electron chi connectivity index (χ0n) is 16.4. The SMILES string of the molecule is Cc1ncoc1C(=O)N1CCCC(CC2CC2)(c2noc(-c3ccccn3)n2)C1. The number of aryl methyl sites for hydroxylation is 1. The zero-order valence-corrected chi connectivity index (χ0v) is 16.4. The van der Waals surface area contributed by atoms with Crippen LogP contribution in [0.5, 0.6) is 0 Å². The minimum absolute atomic E-state index is 0.117. The number of pyridine rings is 1. The number of rotatable bonds is 5. The topological polar surface area (TPSA) is 98.2 Å². The Morgan fingerprint density at radius 2 is 2.21 bits per heavy atom. The lowest BCUT2D eigenvalue weighted by molar-refractivity contribution is 0.0575. The number of hydrogen-bond acceptors (Lipinski definition) is 7. The lowest BCUT2D eigenvalue weighted by Crippen LogP contribution is -2.49. The second-order valence-corrected chi connectivity index (χ2v) is 8.16. The Kier molecular flexibility index (Phi) is 4.41. The molecule has 29 heavy (non-hydrogen) atoms. The van der Waals surface area contributed by atoms with Crippen LogP contribution in [0, 0.1) is 12.8 Å². The summed E-state index contributed by atoms with van der Waals surface area (Å²) < 4.78 is 10.9. The molecule has 0 bridgehead atoms. The maximum atomic E-state index is 13.0. The summed E-state index contributed by atoms with van der Waals surface area (Å²) in [5.41, 5.74) is 0.971. The number of carbonyl (C=O) groups excluding carboxylic acids is 1. The molecular weight excluding hydrogens is 370 g/mol. The molecular formula is C21H23N5O3. The highest BCUT2D eigenvalue weighted by Crippen LogP contribution is 2.46. The fraction of sp³-hybridized carbons (Fsp3) is 0.476. The third-order valence-corrected chi connectivity index (χ3v) is 5.96. The van der Waals surface area contributed by atoms with E-state index in [1.807, 2.05) is 23.1 Å². The molecule has 0 radical (unpaired) electrons. The van der Waals surface area contributed by atoms with Gasteiger partial charge >= 0.3 is 0 Å². The van der Waals surface area contributed by atoms with Gasteiger partial charge < -0.3 is 13.8 Å². The first-order valence-electron chi connectivity index (χ1n) is 10.1. The van der Waals surface area contributed by atoms with E-state index in [-0.39, 0.29) is 11.3 Å². The minimum atomic E-state index is -0.306. The Balaban J connectivity index is 1.46. The molecule has 4 heterocycles. The quantitative estimate of drug-likeness (QED) is 0.655. The molecule has 8 heteroatoms. The number of oxazole rings is 1. The molecule has 3 aromatic heterocycles. The molecule has 0 spiro atoms. The second-order valence-electron chi connectivity index (χ2n) is 8.16. The highest BCUT2D eigenvalue weighted by Gasteiger charge is 2.46. The van der Waals surface area contributed by atoms with Crippen molar-refractivity contribution in [1.29, 1.82) is 0 Å².